The van der Waals surface area contributed by atoms with Crippen molar-refractivity contribution in [2.45, 2.75) is 185 Å². The van der Waals surface area contributed by atoms with E-state index in [9.17, 15) is 87.6 Å². The van der Waals surface area contributed by atoms with Gasteiger partial charge in [0.2, 0.25) is 65.5 Å². The van der Waals surface area contributed by atoms with Gasteiger partial charge in [0.25, 0.3) is 0 Å². The van der Waals surface area contributed by atoms with Crippen LogP contribution in [0.5, 0.6) is 0 Å². The normalized spacial score (nSPS) is 9.68. The van der Waals surface area contributed by atoms with Gasteiger partial charge in [-0.1, -0.05) is 175 Å². The average molecular weight is 2220 g/mol. The molecule has 3 aromatic carbocycles. The number of hydrogen-bond donors (Lipinski definition) is 17. The number of rotatable bonds is 21. The molecule has 0 radical (unpaired) electrons. The van der Waals surface area contributed by atoms with Crippen molar-refractivity contribution in [1.29, 1.82) is 0 Å². The minimum atomic E-state index is -3.25. The second kappa shape index (κ2) is 126. The molecule has 1 fully saturated rings. The third-order valence-electron chi connectivity index (χ3n) is 15.0. The number of hydrogen-bond acceptors (Lipinski definition) is 30. The van der Waals surface area contributed by atoms with Gasteiger partial charge in [-0.05, 0) is 133 Å². The second-order valence-corrected chi connectivity index (χ2v) is 37.7. The number of anilines is 1. The molecule has 0 bridgehead atoms. The van der Waals surface area contributed by atoms with E-state index in [0.29, 0.717) is 48.2 Å². The van der Waals surface area contributed by atoms with Gasteiger partial charge in [0.15, 0.2) is 0 Å². The largest absolute Gasteiger partial charge is 0.469 e. The predicted octanol–water partition coefficient (Wildman–Crippen LogP) is 11.9. The number of amides is 13. The van der Waals surface area contributed by atoms with Gasteiger partial charge in [0, 0.05) is 176 Å². The summed E-state index contributed by atoms with van der Waals surface area (Å²) in [6, 6.07) is 35.6. The monoisotopic (exact) mass is 2220 g/mol. The molecule has 0 atom stereocenters. The van der Waals surface area contributed by atoms with Crippen LogP contribution in [0.3, 0.4) is 0 Å². The second-order valence-electron chi connectivity index (χ2n) is 28.9. The molecule has 49 heteroatoms. The highest BCUT2D eigenvalue weighted by molar-refractivity contribution is 7.98. The minimum Gasteiger partial charge on any atom is -0.469 e. The summed E-state index contributed by atoms with van der Waals surface area (Å²) in [7, 11) is 14.9. The van der Waals surface area contributed by atoms with E-state index >= 15 is 0 Å². The molecule has 17 N–H and O–H groups in total. The SMILES string of the molecule is CC.CC(=O)NCc1ccccc1.CC(=O)Nc1ccncc1.CCC.CCCC(=O)NC.CNC(=O)C(C)C.CNC(=O)C1CCCCC1.CNC(=O)CC(C)C.CNC(=O)NC.CNC(=O)NCCO.CNC(=O)NCCSC.CNC(=O)OC.CNS(=O)(=O)C(C)C.CNS(=O)(=O)c1ccccc1.CNS(C)(=O)=O.COC(=O)C(C)C.COC(=O)c1ccccc1.COC(C)=O.CSC.c1ccncc1.c1cscn1. The molecule has 0 aliphatic heterocycles. The van der Waals surface area contributed by atoms with Crippen molar-refractivity contribution in [2.75, 3.05) is 169 Å². The Balaban J connectivity index is -0.000000107. The van der Waals surface area contributed by atoms with Crippen molar-refractivity contribution in [2.24, 2.45) is 23.7 Å². The number of thiazole rings is 1. The number of nitrogens with one attached hydrogen (secondary N) is 16. The van der Waals surface area contributed by atoms with Gasteiger partial charge in [0.05, 0.1) is 68.4 Å². The first-order valence-corrected chi connectivity index (χ1v) is 55.6. The van der Waals surface area contributed by atoms with Gasteiger partial charge >= 0.3 is 42.1 Å². The maximum Gasteiger partial charge on any atom is 0.406 e. The van der Waals surface area contributed by atoms with E-state index < -0.39 is 36.2 Å². The molecule has 148 heavy (non-hydrogen) atoms. The first-order valence-electron chi connectivity index (χ1n) is 46.8. The molecule has 7 rings (SSSR count). The summed E-state index contributed by atoms with van der Waals surface area (Å²) in [5, 5.41) is 42.3. The van der Waals surface area contributed by atoms with Crippen molar-refractivity contribution in [3.05, 3.63) is 174 Å². The van der Waals surface area contributed by atoms with E-state index in [-0.39, 0.29) is 95.1 Å². The average Bonchev–Trinajstić information content (AvgIpc) is 1.06. The van der Waals surface area contributed by atoms with Crippen molar-refractivity contribution in [1.82, 2.24) is 92.9 Å². The summed E-state index contributed by atoms with van der Waals surface area (Å²) < 4.78 is 86.8. The topological polar surface area (TPSA) is 613 Å². The molecule has 3 aromatic heterocycles. The summed E-state index contributed by atoms with van der Waals surface area (Å²) in [6.45, 7) is 30.8. The fourth-order valence-electron chi connectivity index (χ4n) is 7.35. The summed E-state index contributed by atoms with van der Waals surface area (Å²) in [6.07, 6.45) is 24.8. The maximum atomic E-state index is 11.1. The number of thioether (sulfide) groups is 2. The third-order valence-corrected chi connectivity index (χ3v) is 20.1. The zero-order valence-corrected chi connectivity index (χ0v) is 99.4. The van der Waals surface area contributed by atoms with E-state index in [1.807, 2.05) is 127 Å². The number of aliphatic hydroxyl groups excluding tert-OH is 1. The number of carbonyl (C=O) groups excluding carboxylic acids is 13. The van der Waals surface area contributed by atoms with Crippen molar-refractivity contribution >= 4 is 148 Å². The van der Waals surface area contributed by atoms with Gasteiger partial charge < -0.3 is 93.2 Å². The van der Waals surface area contributed by atoms with Crippen LogP contribution in [-0.4, -0.2) is 292 Å². The number of esters is 3. The molecule has 43 nitrogen and oxygen atoms in total. The molecule has 856 valence electrons. The van der Waals surface area contributed by atoms with Crippen molar-refractivity contribution in [3.63, 3.8) is 0 Å². The number of aliphatic hydroxyl groups is 1. The van der Waals surface area contributed by atoms with Crippen LogP contribution in [-0.2, 0) is 93.9 Å². The van der Waals surface area contributed by atoms with Gasteiger partial charge in [-0.15, -0.1) is 11.3 Å². The van der Waals surface area contributed by atoms with Crippen LogP contribution >= 0.6 is 34.9 Å². The van der Waals surface area contributed by atoms with Crippen LogP contribution in [0.2, 0.25) is 0 Å². The lowest BCUT2D eigenvalue weighted by Gasteiger charge is -2.19. The quantitative estimate of drug-likeness (QED) is 0.0181. The Hall–Kier alpha value is -11.7. The van der Waals surface area contributed by atoms with Crippen LogP contribution in [0.1, 0.15) is 184 Å². The fourth-order valence-corrected chi connectivity index (χ4v) is 9.23. The van der Waals surface area contributed by atoms with Crippen LogP contribution in [0, 0.1) is 23.7 Å². The van der Waals surface area contributed by atoms with E-state index in [1.165, 1.54) is 110 Å². The molecule has 1 aliphatic carbocycles. The maximum absolute atomic E-state index is 11.1. The summed E-state index contributed by atoms with van der Waals surface area (Å²) in [4.78, 5) is 146. The standard InChI is InChI=1S/C9H11NO.C8H15NO.C8H8O2.C7H8N2O.C7H9NO2S.C6H13NO.C5H12N2OS.2C5H11NO.C5H5N.C5H10O2.C4H10N2O2.C4H11NO2S.C3H8N2O.C3H7NO2.C3H3NS.C3H6O2.C3H8.C2H7NO2S.C2H6S.C2H6/c1-8(11)10-7-9-5-3-2-4-6-9;1-9-8(10)7-5-3-2-4-6-7;1-10-8(9)7-5-3-2-4-6-7;1-6(10)9-7-2-4-8-5-3-7;1-8-11(9,10)7-5-3-2-4-6-7;1-5(2)4-6(8)7-3;1-6-5(8)7-3-4-9-2;1-4(2)5(7)6-3;1-3-4-5(7)6-2;1-2-4-6-5-3-1;1-4(2)5(6)7-3;1-5-4(8)6-2-3-7;1-4(2)8(6,7)5-3;1-4-3(6)5-2;1-4-3(5)6-2;1-2-5-3-4-1;1-3(4)5-2;1-3-2;1-3-6(2,4)5;1-3-2;1-2/h2-6H,7H2,1H3,(H,10,11);7H,2-6H2,1H3,(H,9,10);2-6H,1H3;2-5H,1H3,(H,8,9,10);2-6,8H,1H3;5H,4H2,1-3H3,(H,7,8);3-4H2,1-2H3,(H2,6,7,8);4H,1-3H3,(H,6,7);3-4H2,1-2H3,(H,6,7);1-5H;4H,1-3H3;7H,2-3H2,1H3,(H2,5,6,8);4-5H,1-3H3;1-2H3,(H2,4,5,6);1-2H3,(H,4,5);1-3H;1-2H3;3H2,1-2H3;3H,1-2H3;1-2H3;1-2H3. The number of carbonyl (C=O) groups is 13. The predicted molar refractivity (Wildman–Crippen MR) is 605 cm³/mol. The Morgan fingerprint density at radius 3 is 1.14 bits per heavy atom. The number of pyridine rings is 2. The first-order chi connectivity index (χ1) is 69.7. The first kappa shape index (κ1) is 167. The molecule has 0 spiro atoms. The molecule has 0 saturated heterocycles. The van der Waals surface area contributed by atoms with Crippen LogP contribution in [0.25, 0.3) is 0 Å². The van der Waals surface area contributed by atoms with E-state index in [2.05, 4.69) is 131 Å². The van der Waals surface area contributed by atoms with Gasteiger partial charge in [-0.2, -0.15) is 23.5 Å². The molecule has 13 amide bonds. The summed E-state index contributed by atoms with van der Waals surface area (Å²) in [5.74, 6) is 1.71. The highest BCUT2D eigenvalue weighted by atomic mass is 32.2. The van der Waals surface area contributed by atoms with Gasteiger partial charge in [-0.3, -0.25) is 53.3 Å². The molecular weight excluding hydrogens is 2030 g/mol. The number of sulfonamides is 3. The number of methoxy groups -OCH3 is 4. The molecule has 3 heterocycles. The lowest BCUT2D eigenvalue weighted by atomic mass is 9.89. The Bertz CT molecular complexity index is 4310. The summed E-state index contributed by atoms with van der Waals surface area (Å²) in [5.41, 5.74) is 4.29. The Kier molecular flexibility index (Phi) is 142. The molecule has 0 unspecified atom stereocenters. The summed E-state index contributed by atoms with van der Waals surface area (Å²) >= 11 is 5.06. The lowest BCUT2D eigenvalue weighted by Crippen LogP contribution is -2.34. The number of ether oxygens (including phenoxy) is 4. The van der Waals surface area contributed by atoms with Crippen molar-refractivity contribution in [3.8, 4) is 0 Å². The van der Waals surface area contributed by atoms with E-state index in [4.69, 9.17) is 5.11 Å². The zero-order chi connectivity index (χ0) is 118. The van der Waals surface area contributed by atoms with Crippen LogP contribution in [0.4, 0.5) is 24.9 Å². The molecule has 6 aromatic rings. The number of urea groups is 3. The highest BCUT2D eigenvalue weighted by Crippen LogP contribution is 2.23. The number of aromatic nitrogens is 3. The van der Waals surface area contributed by atoms with Crippen molar-refractivity contribution < 1.29 is 112 Å². The molecular formula is C99H185N19O24S6. The van der Waals surface area contributed by atoms with Crippen LogP contribution < -0.4 is 83.3 Å². The van der Waals surface area contributed by atoms with E-state index in [1.54, 1.807) is 215 Å². The number of benzene rings is 3. The zero-order valence-electron chi connectivity index (χ0n) is 94.5. The number of alkyl carbamates (subject to hydrolysis) is 1. The minimum absolute atomic E-state index is 0.00463. The molecule has 1 aliphatic rings. The lowest BCUT2D eigenvalue weighted by molar-refractivity contribution is -0.144. The Labute approximate surface area is 899 Å². The smallest absolute Gasteiger partial charge is 0.406 e. The van der Waals surface area contributed by atoms with Gasteiger partial charge in [0.1, 0.15) is 0 Å². The molecule has 1 saturated carbocycles. The van der Waals surface area contributed by atoms with E-state index in [0.717, 1.165) is 49.1 Å². The van der Waals surface area contributed by atoms with Gasteiger partial charge in [-0.25, -0.2) is 63.4 Å². The fraction of sp³-hybridized carbons (Fsp3) is 0.556. The third kappa shape index (κ3) is 147. The number of nitrogens with zero attached hydrogens (tertiary/aromatic N) is 3. The Morgan fingerprint density at radius 2 is 0.912 bits per heavy atom. The van der Waals surface area contributed by atoms with Crippen LogP contribution in [0.15, 0.2) is 168 Å². The Morgan fingerprint density at radius 1 is 0.480 bits per heavy atom. The highest BCUT2D eigenvalue weighted by Gasteiger charge is 2.19.